The number of esters is 1. The second kappa shape index (κ2) is 47.9. The number of rotatable bonds is 46. The lowest BCUT2D eigenvalue weighted by Gasteiger charge is -2.42. The SMILES string of the molecule is CC/C=C\C/C=C\C/C=C\C/C=C\C/C=C\C/C=C\CCCCCCC(=O)OC(COCCCCCCCCCC/C=C\C/C=C\CCCCCC)COC1OC(COC2OC(CO)C(O)C(O)C2O)C(O)C(O)C1O. The van der Waals surface area contributed by atoms with Crippen molar-refractivity contribution >= 4 is 5.97 Å². The summed E-state index contributed by atoms with van der Waals surface area (Å²) in [5, 5.41) is 72.4. The highest BCUT2D eigenvalue weighted by atomic mass is 16.7. The molecule has 0 bridgehead atoms. The van der Waals surface area contributed by atoms with E-state index < -0.39 is 86.7 Å². The zero-order valence-electron chi connectivity index (χ0n) is 46.7. The minimum Gasteiger partial charge on any atom is -0.457 e. The van der Waals surface area contributed by atoms with Gasteiger partial charge >= 0.3 is 5.97 Å². The molecule has 436 valence electrons. The number of carbonyl (C=O) groups excluding carboxylic acids is 1. The molecule has 2 heterocycles. The second-order valence-electron chi connectivity index (χ2n) is 20.1. The van der Waals surface area contributed by atoms with E-state index >= 15 is 0 Å². The van der Waals surface area contributed by atoms with E-state index in [2.05, 4.69) is 111 Å². The standard InChI is InChI=1S/C62H104O14/c1-3-5-7-9-11-13-15-17-19-21-23-24-25-26-27-29-31-33-35-37-39-41-43-45-54(64)74-51(48-71-46-44-42-40-38-36-34-32-30-28-22-20-18-16-14-12-10-8-6-4-2)49-72-61-60(70)58(68)56(66)53(76-61)50-73-62-59(69)57(67)55(65)52(47-63)75-62/h5,7,11,13-14,16-17,19-20,22-24,26-27,31,33,51-53,55-63,65-70H,3-4,6,8-10,12,15,18,21,25,28-30,32,34-50H2,1-2H3/b7-5-,13-11-,16-14-,19-17-,22-20-,24-23-,27-26-,33-31-. The summed E-state index contributed by atoms with van der Waals surface area (Å²) in [5.74, 6) is -0.405. The molecule has 0 radical (unpaired) electrons. The molecule has 2 rings (SSSR count). The lowest BCUT2D eigenvalue weighted by molar-refractivity contribution is -0.332. The number of hydrogen-bond acceptors (Lipinski definition) is 14. The highest BCUT2D eigenvalue weighted by Gasteiger charge is 2.47. The van der Waals surface area contributed by atoms with Crippen LogP contribution in [0.3, 0.4) is 0 Å². The van der Waals surface area contributed by atoms with E-state index in [-0.39, 0.29) is 19.6 Å². The fraction of sp³-hybridized carbons (Fsp3) is 0.726. The van der Waals surface area contributed by atoms with Gasteiger partial charge in [0.15, 0.2) is 12.6 Å². The Morgan fingerprint density at radius 1 is 0.447 bits per heavy atom. The maximum Gasteiger partial charge on any atom is 0.306 e. The predicted octanol–water partition coefficient (Wildman–Crippen LogP) is 10.6. The van der Waals surface area contributed by atoms with Crippen LogP contribution in [0.15, 0.2) is 97.2 Å². The van der Waals surface area contributed by atoms with Crippen molar-refractivity contribution in [3.8, 4) is 0 Å². The topological polar surface area (TPSA) is 214 Å². The zero-order valence-corrected chi connectivity index (χ0v) is 46.7. The minimum atomic E-state index is -1.72. The average molecular weight is 1070 g/mol. The molecule has 2 fully saturated rings. The molecule has 2 saturated heterocycles. The Morgan fingerprint density at radius 3 is 1.34 bits per heavy atom. The fourth-order valence-corrected chi connectivity index (χ4v) is 8.61. The molecule has 0 amide bonds. The van der Waals surface area contributed by atoms with Gasteiger partial charge in [-0.25, -0.2) is 0 Å². The van der Waals surface area contributed by atoms with Crippen LogP contribution in [-0.4, -0.2) is 142 Å². The van der Waals surface area contributed by atoms with Gasteiger partial charge in [-0.1, -0.05) is 182 Å². The van der Waals surface area contributed by atoms with Crippen molar-refractivity contribution in [2.24, 2.45) is 0 Å². The Bertz CT molecular complexity index is 1620. The van der Waals surface area contributed by atoms with Gasteiger partial charge in [0, 0.05) is 13.0 Å². The number of allylic oxidation sites excluding steroid dienone is 16. The molecular formula is C62H104O14. The van der Waals surface area contributed by atoms with Crippen LogP contribution < -0.4 is 0 Å². The molecule has 7 N–H and O–H groups in total. The summed E-state index contributed by atoms with van der Waals surface area (Å²) in [6.45, 7) is 3.50. The molecule has 0 aromatic carbocycles. The average Bonchev–Trinajstić information content (AvgIpc) is 3.42. The normalized spacial score (nSPS) is 25.2. The molecule has 11 unspecified atom stereocenters. The van der Waals surface area contributed by atoms with E-state index in [0.29, 0.717) is 13.0 Å². The highest BCUT2D eigenvalue weighted by Crippen LogP contribution is 2.26. The zero-order chi connectivity index (χ0) is 55.1. The monoisotopic (exact) mass is 1070 g/mol. The van der Waals surface area contributed by atoms with E-state index in [4.69, 9.17) is 28.4 Å². The van der Waals surface area contributed by atoms with Crippen molar-refractivity contribution in [1.82, 2.24) is 0 Å². The number of unbranched alkanes of at least 4 members (excludes halogenated alkanes) is 16. The van der Waals surface area contributed by atoms with Gasteiger partial charge in [0.2, 0.25) is 0 Å². The second-order valence-corrected chi connectivity index (χ2v) is 20.1. The van der Waals surface area contributed by atoms with Crippen LogP contribution in [0.1, 0.15) is 187 Å². The molecule has 76 heavy (non-hydrogen) atoms. The van der Waals surface area contributed by atoms with Crippen LogP contribution in [0.4, 0.5) is 0 Å². The van der Waals surface area contributed by atoms with Crippen LogP contribution in [-0.2, 0) is 33.2 Å². The maximum absolute atomic E-state index is 13.1. The van der Waals surface area contributed by atoms with Gasteiger partial charge < -0.3 is 64.2 Å². The Balaban J connectivity index is 1.74. The van der Waals surface area contributed by atoms with Crippen molar-refractivity contribution in [1.29, 1.82) is 0 Å². The number of hydrogen-bond donors (Lipinski definition) is 7. The highest BCUT2D eigenvalue weighted by molar-refractivity contribution is 5.69. The lowest BCUT2D eigenvalue weighted by Crippen LogP contribution is -2.61. The van der Waals surface area contributed by atoms with Gasteiger partial charge in [0.05, 0.1) is 26.4 Å². The van der Waals surface area contributed by atoms with E-state index in [0.717, 1.165) is 96.3 Å². The van der Waals surface area contributed by atoms with E-state index in [1.165, 1.54) is 64.2 Å². The smallest absolute Gasteiger partial charge is 0.306 e. The fourth-order valence-electron chi connectivity index (χ4n) is 8.61. The molecule has 0 aromatic heterocycles. The third kappa shape index (κ3) is 34.0. The molecule has 0 saturated carbocycles. The molecule has 0 aliphatic carbocycles. The summed E-state index contributed by atoms with van der Waals surface area (Å²) in [7, 11) is 0. The third-order valence-corrected chi connectivity index (χ3v) is 13.3. The van der Waals surface area contributed by atoms with Gasteiger partial charge in [-0.15, -0.1) is 0 Å². The Kier molecular flexibility index (Phi) is 43.5. The first-order chi connectivity index (χ1) is 37.1. The number of ether oxygens (including phenoxy) is 6. The molecule has 14 heteroatoms. The van der Waals surface area contributed by atoms with E-state index in [1.807, 2.05) is 0 Å². The summed E-state index contributed by atoms with van der Waals surface area (Å²) in [6, 6.07) is 0. The minimum absolute atomic E-state index is 0.0408. The lowest BCUT2D eigenvalue weighted by atomic mass is 9.98. The quantitative estimate of drug-likeness (QED) is 0.0172. The third-order valence-electron chi connectivity index (χ3n) is 13.3. The first kappa shape index (κ1) is 69.0. The first-order valence-electron chi connectivity index (χ1n) is 29.3. The number of aliphatic hydroxyl groups is 7. The van der Waals surface area contributed by atoms with Gasteiger partial charge in [-0.3, -0.25) is 4.79 Å². The summed E-state index contributed by atoms with van der Waals surface area (Å²) in [4.78, 5) is 13.1. The van der Waals surface area contributed by atoms with Crippen molar-refractivity contribution in [3.05, 3.63) is 97.2 Å². The summed E-state index contributed by atoms with van der Waals surface area (Å²) in [5.41, 5.74) is 0. The summed E-state index contributed by atoms with van der Waals surface area (Å²) >= 11 is 0. The number of carbonyl (C=O) groups is 1. The van der Waals surface area contributed by atoms with Crippen LogP contribution in [0.25, 0.3) is 0 Å². The molecule has 2 aliphatic rings. The molecule has 2 aliphatic heterocycles. The molecule has 11 atom stereocenters. The van der Waals surface area contributed by atoms with Gasteiger partial charge in [0.1, 0.15) is 54.9 Å². The number of aliphatic hydroxyl groups excluding tert-OH is 7. The van der Waals surface area contributed by atoms with Gasteiger partial charge in [0.25, 0.3) is 0 Å². The van der Waals surface area contributed by atoms with Crippen molar-refractivity contribution in [2.75, 3.05) is 33.0 Å². The first-order valence-corrected chi connectivity index (χ1v) is 29.3. The van der Waals surface area contributed by atoms with Crippen LogP contribution in [0.5, 0.6) is 0 Å². The summed E-state index contributed by atoms with van der Waals surface area (Å²) in [6.07, 6.45) is 47.4. The Hall–Kier alpha value is -3.09. The van der Waals surface area contributed by atoms with Crippen LogP contribution in [0.2, 0.25) is 0 Å². The van der Waals surface area contributed by atoms with Crippen molar-refractivity contribution in [3.63, 3.8) is 0 Å². The molecular weight excluding hydrogens is 969 g/mol. The maximum atomic E-state index is 13.1. The summed E-state index contributed by atoms with van der Waals surface area (Å²) < 4.78 is 34.4. The molecule has 14 nitrogen and oxygen atoms in total. The Labute approximate surface area is 458 Å². The van der Waals surface area contributed by atoms with Gasteiger partial charge in [-0.2, -0.15) is 0 Å². The van der Waals surface area contributed by atoms with E-state index in [1.54, 1.807) is 0 Å². The van der Waals surface area contributed by atoms with Crippen molar-refractivity contribution < 1.29 is 69.0 Å². The van der Waals surface area contributed by atoms with Gasteiger partial charge in [-0.05, 0) is 96.3 Å². The van der Waals surface area contributed by atoms with E-state index in [9.17, 15) is 40.5 Å². The molecule has 0 aromatic rings. The predicted molar refractivity (Wildman–Crippen MR) is 302 cm³/mol. The largest absolute Gasteiger partial charge is 0.457 e. The Morgan fingerprint density at radius 2 is 0.855 bits per heavy atom. The van der Waals surface area contributed by atoms with Crippen LogP contribution in [0, 0.1) is 0 Å². The van der Waals surface area contributed by atoms with Crippen LogP contribution >= 0.6 is 0 Å². The van der Waals surface area contributed by atoms with Crippen molar-refractivity contribution in [2.45, 2.75) is 255 Å². The molecule has 0 spiro atoms.